The highest BCUT2D eigenvalue weighted by Gasteiger charge is 2.18. The monoisotopic (exact) mass is 352 g/mol. The van der Waals surface area contributed by atoms with Gasteiger partial charge >= 0.3 is 0 Å². The lowest BCUT2D eigenvalue weighted by Crippen LogP contribution is -2.45. The number of hydrogen-bond donors (Lipinski definition) is 0. The average molecular weight is 352 g/mol. The maximum absolute atomic E-state index is 5.55. The van der Waals surface area contributed by atoms with Crippen LogP contribution in [0.1, 0.15) is 11.1 Å². The van der Waals surface area contributed by atoms with Crippen molar-refractivity contribution < 1.29 is 9.47 Å². The van der Waals surface area contributed by atoms with Gasteiger partial charge in [-0.2, -0.15) is 0 Å². The summed E-state index contributed by atoms with van der Waals surface area (Å²) in [6, 6.07) is 16.6. The van der Waals surface area contributed by atoms with E-state index in [-0.39, 0.29) is 0 Å². The third-order valence-electron chi connectivity index (χ3n) is 4.82. The number of para-hydroxylation sites is 1. The van der Waals surface area contributed by atoms with E-state index in [4.69, 9.17) is 9.47 Å². The summed E-state index contributed by atoms with van der Waals surface area (Å²) < 4.78 is 11.0. The third kappa shape index (κ3) is 4.87. The first-order valence-electron chi connectivity index (χ1n) is 9.16. The van der Waals surface area contributed by atoms with Crippen LogP contribution >= 0.6 is 0 Å². The highest BCUT2D eigenvalue weighted by atomic mass is 16.5. The minimum Gasteiger partial charge on any atom is -0.493 e. The highest BCUT2D eigenvalue weighted by Crippen LogP contribution is 2.31. The second-order valence-corrected chi connectivity index (χ2v) is 6.54. The van der Waals surface area contributed by atoms with Crippen LogP contribution in [0.25, 0.3) is 6.08 Å². The van der Waals surface area contributed by atoms with Gasteiger partial charge in [-0.25, -0.2) is 0 Å². The maximum atomic E-state index is 5.55. The van der Waals surface area contributed by atoms with Gasteiger partial charge in [0.15, 0.2) is 11.5 Å². The summed E-state index contributed by atoms with van der Waals surface area (Å²) >= 11 is 0. The Labute approximate surface area is 156 Å². The van der Waals surface area contributed by atoms with Crippen LogP contribution in [0.5, 0.6) is 11.5 Å². The van der Waals surface area contributed by atoms with Gasteiger partial charge in [0.2, 0.25) is 0 Å². The molecule has 1 fully saturated rings. The quantitative estimate of drug-likeness (QED) is 0.761. The molecule has 26 heavy (non-hydrogen) atoms. The molecule has 0 unspecified atom stereocenters. The van der Waals surface area contributed by atoms with E-state index in [1.807, 2.05) is 18.2 Å². The zero-order valence-electron chi connectivity index (χ0n) is 15.7. The van der Waals surface area contributed by atoms with Gasteiger partial charge in [-0.3, -0.25) is 9.80 Å². The summed E-state index contributed by atoms with van der Waals surface area (Å²) in [4.78, 5) is 4.98. The molecule has 0 N–H and O–H groups in total. The van der Waals surface area contributed by atoms with E-state index < -0.39 is 0 Å². The summed E-state index contributed by atoms with van der Waals surface area (Å²) in [6.07, 6.45) is 4.46. The van der Waals surface area contributed by atoms with Crippen molar-refractivity contribution in [3.63, 3.8) is 0 Å². The van der Waals surface area contributed by atoms with E-state index in [0.29, 0.717) is 0 Å². The molecule has 0 spiro atoms. The van der Waals surface area contributed by atoms with Crippen molar-refractivity contribution in [2.45, 2.75) is 6.54 Å². The van der Waals surface area contributed by atoms with Crippen molar-refractivity contribution in [2.75, 3.05) is 46.9 Å². The molecule has 0 aliphatic carbocycles. The molecule has 3 rings (SSSR count). The number of hydrogen-bond acceptors (Lipinski definition) is 4. The third-order valence-corrected chi connectivity index (χ3v) is 4.82. The Kier molecular flexibility index (Phi) is 6.69. The van der Waals surface area contributed by atoms with Crippen molar-refractivity contribution in [1.29, 1.82) is 0 Å². The molecule has 2 aromatic carbocycles. The molecule has 0 saturated carbocycles. The SMILES string of the molecule is COc1cccc(CN2CCN(CC=Cc3ccccc3)CC2)c1OC. The number of methoxy groups -OCH3 is 2. The van der Waals surface area contributed by atoms with Gasteiger partial charge < -0.3 is 9.47 Å². The second-order valence-electron chi connectivity index (χ2n) is 6.54. The van der Waals surface area contributed by atoms with E-state index in [1.54, 1.807) is 14.2 Å². The Morgan fingerprint density at radius 3 is 2.27 bits per heavy atom. The van der Waals surface area contributed by atoms with Crippen LogP contribution in [-0.4, -0.2) is 56.7 Å². The van der Waals surface area contributed by atoms with Crippen LogP contribution in [0.4, 0.5) is 0 Å². The molecule has 1 heterocycles. The van der Waals surface area contributed by atoms with Crippen molar-refractivity contribution in [3.8, 4) is 11.5 Å². The first kappa shape index (κ1) is 18.5. The van der Waals surface area contributed by atoms with E-state index >= 15 is 0 Å². The smallest absolute Gasteiger partial charge is 0.165 e. The number of piperazine rings is 1. The lowest BCUT2D eigenvalue weighted by Gasteiger charge is -2.34. The molecule has 4 nitrogen and oxygen atoms in total. The number of ether oxygens (including phenoxy) is 2. The Morgan fingerprint density at radius 1 is 0.846 bits per heavy atom. The van der Waals surface area contributed by atoms with Crippen molar-refractivity contribution >= 4 is 6.08 Å². The van der Waals surface area contributed by atoms with E-state index in [1.165, 1.54) is 11.1 Å². The van der Waals surface area contributed by atoms with E-state index in [9.17, 15) is 0 Å². The normalized spacial score (nSPS) is 16.1. The zero-order valence-corrected chi connectivity index (χ0v) is 15.7. The number of nitrogens with zero attached hydrogens (tertiary/aromatic N) is 2. The van der Waals surface area contributed by atoms with Crippen LogP contribution in [0, 0.1) is 0 Å². The van der Waals surface area contributed by atoms with Gasteiger partial charge in [-0.05, 0) is 11.6 Å². The van der Waals surface area contributed by atoms with Gasteiger partial charge in [-0.15, -0.1) is 0 Å². The largest absolute Gasteiger partial charge is 0.493 e. The fourth-order valence-corrected chi connectivity index (χ4v) is 3.35. The minimum absolute atomic E-state index is 0.801. The van der Waals surface area contributed by atoms with E-state index in [0.717, 1.165) is 50.8 Å². The van der Waals surface area contributed by atoms with Gasteiger partial charge in [0.25, 0.3) is 0 Å². The predicted molar refractivity (Wildman–Crippen MR) is 107 cm³/mol. The van der Waals surface area contributed by atoms with Gasteiger partial charge in [0, 0.05) is 44.8 Å². The average Bonchev–Trinajstić information content (AvgIpc) is 2.70. The summed E-state index contributed by atoms with van der Waals surface area (Å²) in [5.74, 6) is 1.65. The fraction of sp³-hybridized carbons (Fsp3) is 0.364. The maximum Gasteiger partial charge on any atom is 0.165 e. The summed E-state index contributed by atoms with van der Waals surface area (Å²) in [7, 11) is 3.39. The Balaban J connectivity index is 1.49. The summed E-state index contributed by atoms with van der Waals surface area (Å²) in [6.45, 7) is 6.22. The Bertz CT molecular complexity index is 707. The van der Waals surface area contributed by atoms with Crippen molar-refractivity contribution in [2.24, 2.45) is 0 Å². The molecule has 1 saturated heterocycles. The molecule has 0 bridgehead atoms. The first-order valence-corrected chi connectivity index (χ1v) is 9.16. The first-order chi connectivity index (χ1) is 12.8. The zero-order chi connectivity index (χ0) is 18.2. The molecule has 2 aromatic rings. The van der Waals surface area contributed by atoms with Gasteiger partial charge in [0.05, 0.1) is 14.2 Å². The van der Waals surface area contributed by atoms with Crippen molar-refractivity contribution in [3.05, 3.63) is 65.7 Å². The minimum atomic E-state index is 0.801. The molecular formula is C22H28N2O2. The predicted octanol–water partition coefficient (Wildman–Crippen LogP) is 3.53. The number of benzene rings is 2. The van der Waals surface area contributed by atoms with Crippen LogP contribution in [0.3, 0.4) is 0 Å². The van der Waals surface area contributed by atoms with Crippen LogP contribution in [0.15, 0.2) is 54.6 Å². The molecule has 0 atom stereocenters. The lowest BCUT2D eigenvalue weighted by atomic mass is 10.1. The molecule has 1 aliphatic heterocycles. The number of rotatable bonds is 7. The standard InChI is InChI=1S/C22H28N2O2/c1-25-21-12-6-11-20(22(21)26-2)18-24-16-14-23(15-17-24)13-7-10-19-8-4-3-5-9-19/h3-12H,13-18H2,1-2H3. The van der Waals surface area contributed by atoms with Crippen LogP contribution in [-0.2, 0) is 6.54 Å². The summed E-state index contributed by atoms with van der Waals surface area (Å²) in [5, 5.41) is 0. The molecule has 138 valence electrons. The fourth-order valence-electron chi connectivity index (χ4n) is 3.35. The molecular weight excluding hydrogens is 324 g/mol. The second kappa shape index (κ2) is 9.41. The topological polar surface area (TPSA) is 24.9 Å². The van der Waals surface area contributed by atoms with Gasteiger partial charge in [-0.1, -0.05) is 54.6 Å². The Hall–Kier alpha value is -2.30. The Morgan fingerprint density at radius 2 is 1.58 bits per heavy atom. The molecule has 0 aromatic heterocycles. The van der Waals surface area contributed by atoms with Crippen molar-refractivity contribution in [1.82, 2.24) is 9.80 Å². The summed E-state index contributed by atoms with van der Waals surface area (Å²) in [5.41, 5.74) is 2.44. The molecule has 0 radical (unpaired) electrons. The lowest BCUT2D eigenvalue weighted by molar-refractivity contribution is 0.136. The highest BCUT2D eigenvalue weighted by molar-refractivity contribution is 5.49. The molecule has 0 amide bonds. The van der Waals surface area contributed by atoms with Crippen LogP contribution in [0.2, 0.25) is 0 Å². The van der Waals surface area contributed by atoms with E-state index in [2.05, 4.69) is 52.3 Å². The van der Waals surface area contributed by atoms with Gasteiger partial charge in [0.1, 0.15) is 0 Å². The molecule has 1 aliphatic rings. The van der Waals surface area contributed by atoms with Crippen LogP contribution < -0.4 is 9.47 Å². The molecule has 4 heteroatoms.